The Labute approximate surface area is 192 Å². The molecule has 0 radical (unpaired) electrons. The molecule has 3 aromatic rings. The van der Waals surface area contributed by atoms with E-state index in [1.165, 1.54) is 4.57 Å². The monoisotopic (exact) mass is 448 g/mol. The molecule has 7 heteroatoms. The van der Waals surface area contributed by atoms with Crippen molar-refractivity contribution in [3.63, 3.8) is 0 Å². The van der Waals surface area contributed by atoms with Gasteiger partial charge in [0.1, 0.15) is 12.2 Å². The molecular formula is C26H28N2O5. The largest absolute Gasteiger partial charge is 0.493 e. The molecule has 7 nitrogen and oxygen atoms in total. The molecule has 0 spiro atoms. The van der Waals surface area contributed by atoms with Crippen LogP contribution in [0.2, 0.25) is 0 Å². The number of carbonyl (C=O) groups excluding carboxylic acids is 1. The predicted octanol–water partition coefficient (Wildman–Crippen LogP) is 3.39. The number of carbonyl (C=O) groups is 1. The summed E-state index contributed by atoms with van der Waals surface area (Å²) in [6.45, 7) is 1.93. The zero-order valence-electron chi connectivity index (χ0n) is 18.7. The first-order valence-corrected chi connectivity index (χ1v) is 11.1. The summed E-state index contributed by atoms with van der Waals surface area (Å²) in [6, 6.07) is 18.4. The highest BCUT2D eigenvalue weighted by molar-refractivity contribution is 5.93. The van der Waals surface area contributed by atoms with Gasteiger partial charge in [-0.2, -0.15) is 0 Å². The summed E-state index contributed by atoms with van der Waals surface area (Å²) in [5, 5.41) is 2.83. The van der Waals surface area contributed by atoms with Gasteiger partial charge in [0, 0.05) is 19.3 Å². The molecule has 1 aromatic heterocycles. The lowest BCUT2D eigenvalue weighted by Crippen LogP contribution is -2.32. The molecule has 1 aliphatic rings. The van der Waals surface area contributed by atoms with Crippen LogP contribution in [0.1, 0.15) is 34.3 Å². The van der Waals surface area contributed by atoms with E-state index in [0.29, 0.717) is 24.7 Å². The quantitative estimate of drug-likeness (QED) is 0.543. The van der Waals surface area contributed by atoms with Gasteiger partial charge < -0.3 is 24.1 Å². The molecule has 1 saturated heterocycles. The highest BCUT2D eigenvalue weighted by Crippen LogP contribution is 2.29. The van der Waals surface area contributed by atoms with Gasteiger partial charge in [-0.15, -0.1) is 0 Å². The molecule has 0 saturated carbocycles. The van der Waals surface area contributed by atoms with Crippen LogP contribution < -0.4 is 20.3 Å². The Morgan fingerprint density at radius 1 is 1.09 bits per heavy atom. The Kier molecular flexibility index (Phi) is 7.42. The Hall–Kier alpha value is -3.58. The number of methoxy groups -OCH3 is 1. The number of benzene rings is 2. The zero-order valence-corrected chi connectivity index (χ0v) is 18.7. The fourth-order valence-electron chi connectivity index (χ4n) is 3.79. The van der Waals surface area contributed by atoms with E-state index < -0.39 is 5.91 Å². The maximum Gasteiger partial charge on any atom is 0.263 e. The molecule has 172 valence electrons. The van der Waals surface area contributed by atoms with Gasteiger partial charge >= 0.3 is 0 Å². The fourth-order valence-corrected chi connectivity index (χ4v) is 3.79. The smallest absolute Gasteiger partial charge is 0.263 e. The summed E-state index contributed by atoms with van der Waals surface area (Å²) in [6.07, 6.45) is 3.86. The number of hydrogen-bond acceptors (Lipinski definition) is 5. The van der Waals surface area contributed by atoms with E-state index in [9.17, 15) is 9.59 Å². The summed E-state index contributed by atoms with van der Waals surface area (Å²) in [5.41, 5.74) is 1.61. The minimum absolute atomic E-state index is 0.108. The highest BCUT2D eigenvalue weighted by atomic mass is 16.5. The predicted molar refractivity (Wildman–Crippen MR) is 125 cm³/mol. The first-order chi connectivity index (χ1) is 16.1. The molecule has 1 aliphatic heterocycles. The van der Waals surface area contributed by atoms with E-state index >= 15 is 0 Å². The lowest BCUT2D eigenvalue weighted by molar-refractivity contribution is 0.0669. The van der Waals surface area contributed by atoms with E-state index in [2.05, 4.69) is 5.32 Å². The molecular weight excluding hydrogens is 420 g/mol. The molecule has 0 aliphatic carbocycles. The van der Waals surface area contributed by atoms with Crippen LogP contribution in [0.4, 0.5) is 0 Å². The highest BCUT2D eigenvalue weighted by Gasteiger charge is 2.17. The number of hydrogen-bond donors (Lipinski definition) is 1. The van der Waals surface area contributed by atoms with Crippen molar-refractivity contribution in [3.05, 3.63) is 93.9 Å². The average molecular weight is 449 g/mol. The topological polar surface area (TPSA) is 78.8 Å². The Morgan fingerprint density at radius 3 is 2.70 bits per heavy atom. The SMILES string of the molecule is COc1cc(CNC(=O)c2cccn(Cc3ccccc3)c2=O)ccc1OCC1CCCO1. The number of ether oxygens (including phenoxy) is 3. The minimum Gasteiger partial charge on any atom is -0.493 e. The summed E-state index contributed by atoms with van der Waals surface area (Å²) in [5.74, 6) is 0.805. The van der Waals surface area contributed by atoms with Crippen molar-refractivity contribution in [1.82, 2.24) is 9.88 Å². The fraction of sp³-hybridized carbons (Fsp3) is 0.308. The second-order valence-corrected chi connectivity index (χ2v) is 7.95. The molecule has 2 heterocycles. The maximum atomic E-state index is 12.8. The van der Waals surface area contributed by atoms with Crippen molar-refractivity contribution in [2.45, 2.75) is 32.0 Å². The van der Waals surface area contributed by atoms with E-state index in [1.807, 2.05) is 48.5 Å². The van der Waals surface area contributed by atoms with Crippen LogP contribution in [0.25, 0.3) is 0 Å². The van der Waals surface area contributed by atoms with Gasteiger partial charge in [0.2, 0.25) is 0 Å². The Balaban J connectivity index is 1.39. The summed E-state index contributed by atoms with van der Waals surface area (Å²) in [7, 11) is 1.58. The van der Waals surface area contributed by atoms with Crippen LogP contribution in [-0.2, 0) is 17.8 Å². The van der Waals surface area contributed by atoms with Crippen LogP contribution in [0.5, 0.6) is 11.5 Å². The summed E-state index contributed by atoms with van der Waals surface area (Å²) < 4.78 is 18.4. The molecule has 1 fully saturated rings. The average Bonchev–Trinajstić information content (AvgIpc) is 3.37. The maximum absolute atomic E-state index is 12.8. The van der Waals surface area contributed by atoms with Crippen molar-refractivity contribution in [2.75, 3.05) is 20.3 Å². The van der Waals surface area contributed by atoms with Gasteiger partial charge in [-0.3, -0.25) is 9.59 Å². The number of aromatic nitrogens is 1. The van der Waals surface area contributed by atoms with Crippen molar-refractivity contribution in [2.24, 2.45) is 0 Å². The molecule has 33 heavy (non-hydrogen) atoms. The van der Waals surface area contributed by atoms with Gasteiger partial charge in [0.05, 0.1) is 19.8 Å². The summed E-state index contributed by atoms with van der Waals surface area (Å²) >= 11 is 0. The zero-order chi connectivity index (χ0) is 23.0. The Bertz CT molecular complexity index is 1140. The van der Waals surface area contributed by atoms with Crippen molar-refractivity contribution in [3.8, 4) is 11.5 Å². The third-order valence-corrected chi connectivity index (χ3v) is 5.59. The van der Waals surface area contributed by atoms with Crippen LogP contribution >= 0.6 is 0 Å². The number of nitrogens with one attached hydrogen (secondary N) is 1. The van der Waals surface area contributed by atoms with Gasteiger partial charge in [-0.1, -0.05) is 36.4 Å². The van der Waals surface area contributed by atoms with Gasteiger partial charge in [-0.25, -0.2) is 0 Å². The van der Waals surface area contributed by atoms with E-state index in [1.54, 1.807) is 25.4 Å². The summed E-state index contributed by atoms with van der Waals surface area (Å²) in [4.78, 5) is 25.5. The van der Waals surface area contributed by atoms with Crippen molar-refractivity contribution >= 4 is 5.91 Å². The lowest BCUT2D eigenvalue weighted by Gasteiger charge is -2.15. The van der Waals surface area contributed by atoms with Crippen LogP contribution in [0.3, 0.4) is 0 Å². The molecule has 0 bridgehead atoms. The van der Waals surface area contributed by atoms with E-state index in [0.717, 1.165) is 30.6 Å². The third kappa shape index (κ3) is 5.81. The van der Waals surface area contributed by atoms with Gasteiger partial charge in [-0.05, 0) is 48.2 Å². The normalized spacial score (nSPS) is 15.2. The van der Waals surface area contributed by atoms with Gasteiger partial charge in [0.25, 0.3) is 11.5 Å². The second-order valence-electron chi connectivity index (χ2n) is 7.95. The van der Waals surface area contributed by atoms with E-state index in [4.69, 9.17) is 14.2 Å². The number of amides is 1. The minimum atomic E-state index is -0.417. The molecule has 1 amide bonds. The van der Waals surface area contributed by atoms with E-state index in [-0.39, 0.29) is 23.8 Å². The molecule has 1 unspecified atom stereocenters. The first kappa shape index (κ1) is 22.6. The number of rotatable bonds is 9. The van der Waals surface area contributed by atoms with Crippen LogP contribution in [0, 0.1) is 0 Å². The molecule has 1 atom stereocenters. The molecule has 4 rings (SSSR count). The third-order valence-electron chi connectivity index (χ3n) is 5.59. The van der Waals surface area contributed by atoms with Crippen molar-refractivity contribution in [1.29, 1.82) is 0 Å². The number of nitrogens with zero attached hydrogens (tertiary/aromatic N) is 1. The van der Waals surface area contributed by atoms with Gasteiger partial charge in [0.15, 0.2) is 11.5 Å². The number of pyridine rings is 1. The Morgan fingerprint density at radius 2 is 1.94 bits per heavy atom. The second kappa shape index (κ2) is 10.8. The van der Waals surface area contributed by atoms with Crippen LogP contribution in [0.15, 0.2) is 71.7 Å². The standard InChI is InChI=1S/C26H28N2O5/c1-31-24-15-20(11-12-23(24)33-18-21-9-6-14-32-21)16-27-25(29)22-10-5-13-28(26(22)30)17-19-7-3-2-4-8-19/h2-5,7-8,10-13,15,21H,6,9,14,16-18H2,1H3,(H,27,29). The van der Waals surface area contributed by atoms with Crippen LogP contribution in [-0.4, -0.2) is 36.9 Å². The molecule has 2 aromatic carbocycles. The molecule has 1 N–H and O–H groups in total. The van der Waals surface area contributed by atoms with Crippen molar-refractivity contribution < 1.29 is 19.0 Å². The lowest BCUT2D eigenvalue weighted by atomic mass is 10.2. The first-order valence-electron chi connectivity index (χ1n) is 11.1.